The van der Waals surface area contributed by atoms with E-state index in [1.54, 1.807) is 0 Å². The summed E-state index contributed by atoms with van der Waals surface area (Å²) in [6.45, 7) is 13.5. The van der Waals surface area contributed by atoms with Gasteiger partial charge in [0, 0.05) is 63.9 Å². The highest BCUT2D eigenvalue weighted by Gasteiger charge is 2.23. The molecule has 0 aliphatic carbocycles. The van der Waals surface area contributed by atoms with Gasteiger partial charge in [-0.1, -0.05) is 6.07 Å². The standard InChI is InChI=1S/C30H36N4/c1-20(2)33-14-10-23(11-15-33)28-18-25(8-13-32-28)24-6-7-29-27(17-24)19-30(34(29)21(3)4)26-9-12-31-22(5)16-26/h6-9,12-13,16-21,23H,10-11,14-15H2,1-5H3. The van der Waals surface area contributed by atoms with Gasteiger partial charge in [-0.25, -0.2) is 0 Å². The second-order valence-corrected chi connectivity index (χ2v) is 10.3. The summed E-state index contributed by atoms with van der Waals surface area (Å²) in [7, 11) is 0. The van der Waals surface area contributed by atoms with Gasteiger partial charge in [0.25, 0.3) is 0 Å². The second-order valence-electron chi connectivity index (χ2n) is 10.3. The molecule has 0 bridgehead atoms. The Morgan fingerprint density at radius 3 is 2.18 bits per heavy atom. The maximum Gasteiger partial charge on any atom is 0.0494 e. The zero-order valence-corrected chi connectivity index (χ0v) is 21.1. The highest BCUT2D eigenvalue weighted by atomic mass is 15.1. The van der Waals surface area contributed by atoms with Crippen LogP contribution >= 0.6 is 0 Å². The molecule has 4 aromatic rings. The van der Waals surface area contributed by atoms with Crippen LogP contribution in [0.25, 0.3) is 33.3 Å². The van der Waals surface area contributed by atoms with Gasteiger partial charge in [0.2, 0.25) is 0 Å². The molecule has 4 heteroatoms. The van der Waals surface area contributed by atoms with E-state index in [2.05, 4.69) is 97.6 Å². The van der Waals surface area contributed by atoms with E-state index in [-0.39, 0.29) is 0 Å². The number of piperidine rings is 1. The zero-order chi connectivity index (χ0) is 23.8. The average molecular weight is 453 g/mol. The molecule has 1 saturated heterocycles. The summed E-state index contributed by atoms with van der Waals surface area (Å²) in [6, 6.07) is 19.0. The normalized spacial score (nSPS) is 15.6. The maximum absolute atomic E-state index is 4.78. The van der Waals surface area contributed by atoms with Gasteiger partial charge in [-0.3, -0.25) is 9.97 Å². The quantitative estimate of drug-likeness (QED) is 0.320. The molecule has 0 atom stereocenters. The van der Waals surface area contributed by atoms with Crippen LogP contribution in [0.5, 0.6) is 0 Å². The summed E-state index contributed by atoms with van der Waals surface area (Å²) < 4.78 is 2.44. The first-order valence-electron chi connectivity index (χ1n) is 12.7. The number of hydrogen-bond acceptors (Lipinski definition) is 3. The average Bonchev–Trinajstić information content (AvgIpc) is 3.23. The van der Waals surface area contributed by atoms with E-state index in [9.17, 15) is 0 Å². The Labute approximate surface area is 203 Å². The van der Waals surface area contributed by atoms with Crippen molar-refractivity contribution in [1.82, 2.24) is 19.4 Å². The Morgan fingerprint density at radius 2 is 1.47 bits per heavy atom. The number of rotatable bonds is 5. The molecule has 0 saturated carbocycles. The Hall–Kier alpha value is -2.98. The summed E-state index contributed by atoms with van der Waals surface area (Å²) in [4.78, 5) is 11.7. The molecule has 4 heterocycles. The third kappa shape index (κ3) is 4.39. The molecule has 1 aromatic carbocycles. The van der Waals surface area contributed by atoms with Gasteiger partial charge in [0.1, 0.15) is 0 Å². The van der Waals surface area contributed by atoms with Crippen molar-refractivity contribution in [1.29, 1.82) is 0 Å². The molecule has 0 radical (unpaired) electrons. The van der Waals surface area contributed by atoms with Gasteiger partial charge < -0.3 is 9.47 Å². The van der Waals surface area contributed by atoms with E-state index in [1.165, 1.54) is 64.9 Å². The van der Waals surface area contributed by atoms with E-state index in [0.29, 0.717) is 18.0 Å². The molecule has 34 heavy (non-hydrogen) atoms. The molecule has 176 valence electrons. The Kier molecular flexibility index (Phi) is 6.26. The largest absolute Gasteiger partial charge is 0.338 e. The van der Waals surface area contributed by atoms with Crippen LogP contribution in [0, 0.1) is 6.92 Å². The van der Waals surface area contributed by atoms with Crippen LogP contribution in [-0.2, 0) is 0 Å². The van der Waals surface area contributed by atoms with Crippen LogP contribution in [0.2, 0.25) is 0 Å². The van der Waals surface area contributed by atoms with Crippen molar-refractivity contribution in [2.24, 2.45) is 0 Å². The minimum Gasteiger partial charge on any atom is -0.338 e. The molecule has 3 aromatic heterocycles. The summed E-state index contributed by atoms with van der Waals surface area (Å²) in [6.07, 6.45) is 6.29. The SMILES string of the molecule is Cc1cc(-c2cc3cc(-c4ccnc(C5CCN(C(C)C)CC5)c4)ccc3n2C(C)C)ccn1. The van der Waals surface area contributed by atoms with E-state index in [4.69, 9.17) is 4.98 Å². The highest BCUT2D eigenvalue weighted by molar-refractivity contribution is 5.90. The van der Waals surface area contributed by atoms with Gasteiger partial charge in [0.15, 0.2) is 0 Å². The molecule has 1 aliphatic rings. The fourth-order valence-electron chi connectivity index (χ4n) is 5.46. The summed E-state index contributed by atoms with van der Waals surface area (Å²) >= 11 is 0. The molecular weight excluding hydrogens is 416 g/mol. The fourth-order valence-corrected chi connectivity index (χ4v) is 5.46. The first kappa shape index (κ1) is 22.8. The molecular formula is C30H36N4. The number of fused-ring (bicyclic) bond motifs is 1. The first-order valence-corrected chi connectivity index (χ1v) is 12.7. The number of pyridine rings is 2. The predicted molar refractivity (Wildman–Crippen MR) is 142 cm³/mol. The van der Waals surface area contributed by atoms with Gasteiger partial charge in [0.05, 0.1) is 0 Å². The van der Waals surface area contributed by atoms with E-state index in [0.717, 1.165) is 5.69 Å². The lowest BCUT2D eigenvalue weighted by Crippen LogP contribution is -2.37. The van der Waals surface area contributed by atoms with Crippen LogP contribution in [-0.4, -0.2) is 38.6 Å². The third-order valence-corrected chi connectivity index (χ3v) is 7.34. The van der Waals surface area contributed by atoms with Crippen LogP contribution in [0.15, 0.2) is 60.9 Å². The molecule has 1 fully saturated rings. The van der Waals surface area contributed by atoms with Gasteiger partial charge >= 0.3 is 0 Å². The Bertz CT molecular complexity index is 1290. The number of likely N-dealkylation sites (tertiary alicyclic amines) is 1. The molecule has 0 unspecified atom stereocenters. The minimum atomic E-state index is 0.371. The smallest absolute Gasteiger partial charge is 0.0494 e. The zero-order valence-electron chi connectivity index (χ0n) is 21.1. The first-order chi connectivity index (χ1) is 16.4. The number of aromatic nitrogens is 3. The number of benzene rings is 1. The van der Waals surface area contributed by atoms with E-state index < -0.39 is 0 Å². The van der Waals surface area contributed by atoms with Crippen LogP contribution in [0.3, 0.4) is 0 Å². The minimum absolute atomic E-state index is 0.371. The van der Waals surface area contributed by atoms with Gasteiger partial charge in [-0.05, 0) is 114 Å². The van der Waals surface area contributed by atoms with E-state index >= 15 is 0 Å². The van der Waals surface area contributed by atoms with Crippen LogP contribution in [0.1, 0.15) is 63.9 Å². The predicted octanol–water partition coefficient (Wildman–Crippen LogP) is 7.24. The van der Waals surface area contributed by atoms with Crippen molar-refractivity contribution in [2.45, 2.75) is 65.5 Å². The fraction of sp³-hybridized carbons (Fsp3) is 0.400. The van der Waals surface area contributed by atoms with Crippen molar-refractivity contribution in [3.63, 3.8) is 0 Å². The Balaban J connectivity index is 1.49. The third-order valence-electron chi connectivity index (χ3n) is 7.34. The van der Waals surface area contributed by atoms with E-state index in [1.807, 2.05) is 12.4 Å². The Morgan fingerprint density at radius 1 is 0.765 bits per heavy atom. The van der Waals surface area contributed by atoms with Crippen LogP contribution < -0.4 is 0 Å². The van der Waals surface area contributed by atoms with Crippen molar-refractivity contribution in [3.05, 3.63) is 72.3 Å². The number of aryl methyl sites for hydroxylation is 1. The topological polar surface area (TPSA) is 34.0 Å². The molecule has 4 nitrogen and oxygen atoms in total. The summed E-state index contributed by atoms with van der Waals surface area (Å²) in [5.41, 5.74) is 8.55. The summed E-state index contributed by atoms with van der Waals surface area (Å²) in [5.74, 6) is 0.558. The molecule has 1 aliphatic heterocycles. The number of hydrogen-bond donors (Lipinski definition) is 0. The van der Waals surface area contributed by atoms with Gasteiger partial charge in [-0.15, -0.1) is 0 Å². The maximum atomic E-state index is 4.78. The van der Waals surface area contributed by atoms with Gasteiger partial charge in [-0.2, -0.15) is 0 Å². The lowest BCUT2D eigenvalue weighted by atomic mass is 9.91. The van der Waals surface area contributed by atoms with Crippen molar-refractivity contribution in [3.8, 4) is 22.4 Å². The second kappa shape index (κ2) is 9.34. The molecule has 0 N–H and O–H groups in total. The number of nitrogens with zero attached hydrogens (tertiary/aromatic N) is 4. The lowest BCUT2D eigenvalue weighted by Gasteiger charge is -2.34. The van der Waals surface area contributed by atoms with Crippen molar-refractivity contribution >= 4 is 10.9 Å². The molecule has 0 spiro atoms. The lowest BCUT2D eigenvalue weighted by molar-refractivity contribution is 0.171. The monoisotopic (exact) mass is 452 g/mol. The van der Waals surface area contributed by atoms with Crippen molar-refractivity contribution < 1.29 is 0 Å². The highest BCUT2D eigenvalue weighted by Crippen LogP contribution is 2.35. The molecule has 0 amide bonds. The molecule has 5 rings (SSSR count). The summed E-state index contributed by atoms with van der Waals surface area (Å²) in [5, 5.41) is 1.28. The van der Waals surface area contributed by atoms with Crippen molar-refractivity contribution in [2.75, 3.05) is 13.1 Å². The van der Waals surface area contributed by atoms with Crippen LogP contribution in [0.4, 0.5) is 0 Å².